The highest BCUT2D eigenvalue weighted by Gasteiger charge is 2.17. The van der Waals surface area contributed by atoms with Gasteiger partial charge in [-0.25, -0.2) is 0 Å². The molecule has 0 aromatic carbocycles. The minimum atomic E-state index is 0. The molecule has 1 heterocycles. The summed E-state index contributed by atoms with van der Waals surface area (Å²) in [5.74, 6) is 3.13. The first-order valence-electron chi connectivity index (χ1n) is 9.03. The van der Waals surface area contributed by atoms with Crippen molar-refractivity contribution in [1.29, 1.82) is 0 Å². The van der Waals surface area contributed by atoms with Gasteiger partial charge in [-0.05, 0) is 76.6 Å². The summed E-state index contributed by atoms with van der Waals surface area (Å²) in [6.45, 7) is 11.1. The molecule has 0 saturated carbocycles. The van der Waals surface area contributed by atoms with Crippen LogP contribution in [0.15, 0.2) is 4.99 Å². The van der Waals surface area contributed by atoms with Gasteiger partial charge in [0.2, 0.25) is 0 Å². The lowest BCUT2D eigenvalue weighted by molar-refractivity contribution is 0.187. The Morgan fingerprint density at radius 3 is 2.52 bits per heavy atom. The van der Waals surface area contributed by atoms with Crippen LogP contribution in [0.2, 0.25) is 0 Å². The molecule has 1 fully saturated rings. The number of guanidine groups is 1. The van der Waals surface area contributed by atoms with Crippen LogP contribution in [-0.2, 0) is 0 Å². The van der Waals surface area contributed by atoms with Crippen LogP contribution in [0.4, 0.5) is 0 Å². The van der Waals surface area contributed by atoms with E-state index in [4.69, 9.17) is 0 Å². The number of thioether (sulfide) groups is 1. The van der Waals surface area contributed by atoms with Gasteiger partial charge in [0.05, 0.1) is 0 Å². The Morgan fingerprint density at radius 1 is 1.17 bits per heavy atom. The molecule has 23 heavy (non-hydrogen) atoms. The maximum Gasteiger partial charge on any atom is 0.191 e. The number of unbranched alkanes of at least 4 members (excludes halogenated alkanes) is 1. The number of nitrogens with zero attached hydrogens (tertiary/aromatic N) is 2. The van der Waals surface area contributed by atoms with Crippen molar-refractivity contribution < 1.29 is 0 Å². The van der Waals surface area contributed by atoms with Crippen molar-refractivity contribution in [3.05, 3.63) is 0 Å². The van der Waals surface area contributed by atoms with Gasteiger partial charge in [-0.2, -0.15) is 11.8 Å². The average Bonchev–Trinajstić information content (AvgIpc) is 2.55. The number of hydrogen-bond donors (Lipinski definition) is 2. The van der Waals surface area contributed by atoms with E-state index in [2.05, 4.69) is 40.6 Å². The van der Waals surface area contributed by atoms with Crippen molar-refractivity contribution >= 4 is 41.7 Å². The predicted octanol–water partition coefficient (Wildman–Crippen LogP) is 3.42. The minimum absolute atomic E-state index is 0. The SMILES string of the molecule is CCNC(=NCCCCSC)NCCC1CCN(CC)CC1.I. The quantitative estimate of drug-likeness (QED) is 0.229. The van der Waals surface area contributed by atoms with Gasteiger partial charge in [0, 0.05) is 19.6 Å². The Balaban J connectivity index is 0.00000484. The molecule has 0 spiro atoms. The maximum absolute atomic E-state index is 4.67. The first-order chi connectivity index (χ1) is 10.8. The standard InChI is InChI=1S/C17H36N4S.HI/c1-4-18-17(19-11-6-7-15-22-3)20-12-8-16-9-13-21(5-2)14-10-16;/h16H,4-15H2,1-3H3,(H2,18,19,20);1H. The average molecular weight is 456 g/mol. The predicted molar refractivity (Wildman–Crippen MR) is 116 cm³/mol. The molecule has 0 radical (unpaired) electrons. The lowest BCUT2D eigenvalue weighted by atomic mass is 9.93. The van der Waals surface area contributed by atoms with Gasteiger partial charge in [-0.15, -0.1) is 24.0 Å². The van der Waals surface area contributed by atoms with Crippen LogP contribution in [0.3, 0.4) is 0 Å². The molecule has 1 saturated heterocycles. The van der Waals surface area contributed by atoms with Crippen LogP contribution in [0.5, 0.6) is 0 Å². The fraction of sp³-hybridized carbons (Fsp3) is 0.941. The molecule has 138 valence electrons. The van der Waals surface area contributed by atoms with Crippen LogP contribution in [0.1, 0.15) is 46.0 Å². The fourth-order valence-electron chi connectivity index (χ4n) is 2.88. The van der Waals surface area contributed by atoms with E-state index in [1.165, 1.54) is 57.5 Å². The van der Waals surface area contributed by atoms with Crippen LogP contribution in [0.25, 0.3) is 0 Å². The Labute approximate surface area is 165 Å². The van der Waals surface area contributed by atoms with E-state index in [0.29, 0.717) is 0 Å². The van der Waals surface area contributed by atoms with Gasteiger partial charge in [0.1, 0.15) is 0 Å². The largest absolute Gasteiger partial charge is 0.357 e. The molecule has 6 heteroatoms. The normalized spacial score (nSPS) is 16.9. The highest BCUT2D eigenvalue weighted by molar-refractivity contribution is 14.0. The van der Waals surface area contributed by atoms with E-state index in [9.17, 15) is 0 Å². The van der Waals surface area contributed by atoms with E-state index in [1.807, 2.05) is 11.8 Å². The zero-order valence-electron chi connectivity index (χ0n) is 15.3. The summed E-state index contributed by atoms with van der Waals surface area (Å²) < 4.78 is 0. The number of hydrogen-bond acceptors (Lipinski definition) is 3. The Kier molecular flexibility index (Phi) is 16.0. The Bertz CT molecular complexity index is 294. The summed E-state index contributed by atoms with van der Waals surface area (Å²) in [6.07, 6.45) is 8.61. The number of likely N-dealkylation sites (tertiary alicyclic amines) is 1. The highest BCUT2D eigenvalue weighted by atomic mass is 127. The van der Waals surface area contributed by atoms with Gasteiger partial charge in [0.15, 0.2) is 5.96 Å². The molecule has 0 aromatic rings. The zero-order valence-corrected chi connectivity index (χ0v) is 18.4. The van der Waals surface area contributed by atoms with Crippen molar-refractivity contribution in [1.82, 2.24) is 15.5 Å². The first-order valence-corrected chi connectivity index (χ1v) is 10.4. The first kappa shape index (κ1) is 23.3. The third kappa shape index (κ3) is 11.5. The molecule has 2 N–H and O–H groups in total. The van der Waals surface area contributed by atoms with Crippen LogP contribution in [0, 0.1) is 5.92 Å². The lowest BCUT2D eigenvalue weighted by Crippen LogP contribution is -2.39. The molecule has 0 unspecified atom stereocenters. The topological polar surface area (TPSA) is 39.7 Å². The molecular weight excluding hydrogens is 419 g/mol. The van der Waals surface area contributed by atoms with Crippen LogP contribution < -0.4 is 10.6 Å². The van der Waals surface area contributed by atoms with Crippen molar-refractivity contribution in [3.63, 3.8) is 0 Å². The third-order valence-electron chi connectivity index (χ3n) is 4.37. The monoisotopic (exact) mass is 456 g/mol. The van der Waals surface area contributed by atoms with Gasteiger partial charge >= 0.3 is 0 Å². The lowest BCUT2D eigenvalue weighted by Gasteiger charge is -2.31. The van der Waals surface area contributed by atoms with Gasteiger partial charge in [0.25, 0.3) is 0 Å². The Morgan fingerprint density at radius 2 is 1.91 bits per heavy atom. The number of nitrogens with one attached hydrogen (secondary N) is 2. The van der Waals surface area contributed by atoms with Crippen LogP contribution in [-0.4, -0.2) is 62.1 Å². The summed E-state index contributed by atoms with van der Waals surface area (Å²) in [4.78, 5) is 7.23. The third-order valence-corrected chi connectivity index (χ3v) is 5.07. The second-order valence-corrected chi connectivity index (χ2v) is 7.04. The van der Waals surface area contributed by atoms with Gasteiger partial charge < -0.3 is 15.5 Å². The van der Waals surface area contributed by atoms with Gasteiger partial charge in [-0.3, -0.25) is 4.99 Å². The molecule has 1 rings (SSSR count). The molecule has 0 aliphatic carbocycles. The van der Waals surface area contributed by atoms with E-state index in [-0.39, 0.29) is 24.0 Å². The summed E-state index contributed by atoms with van der Waals surface area (Å²) in [5.41, 5.74) is 0. The highest BCUT2D eigenvalue weighted by Crippen LogP contribution is 2.19. The molecule has 0 bridgehead atoms. The molecule has 1 aliphatic heterocycles. The van der Waals surface area contributed by atoms with Crippen LogP contribution >= 0.6 is 35.7 Å². The second-order valence-electron chi connectivity index (χ2n) is 6.05. The van der Waals surface area contributed by atoms with E-state index >= 15 is 0 Å². The summed E-state index contributed by atoms with van der Waals surface area (Å²) in [5, 5.41) is 6.86. The van der Waals surface area contributed by atoms with E-state index < -0.39 is 0 Å². The smallest absolute Gasteiger partial charge is 0.191 e. The zero-order chi connectivity index (χ0) is 16.0. The number of halogens is 1. The van der Waals surface area contributed by atoms with Crippen molar-refractivity contribution in [3.8, 4) is 0 Å². The number of piperidine rings is 1. The van der Waals surface area contributed by atoms with Crippen molar-refractivity contribution in [2.45, 2.75) is 46.0 Å². The van der Waals surface area contributed by atoms with E-state index in [1.54, 1.807) is 0 Å². The molecule has 0 aromatic heterocycles. The number of rotatable bonds is 10. The van der Waals surface area contributed by atoms with Crippen molar-refractivity contribution in [2.24, 2.45) is 10.9 Å². The molecule has 1 aliphatic rings. The second kappa shape index (κ2) is 15.8. The van der Waals surface area contributed by atoms with Gasteiger partial charge in [-0.1, -0.05) is 6.92 Å². The van der Waals surface area contributed by atoms with Crippen molar-refractivity contribution in [2.75, 3.05) is 51.3 Å². The minimum Gasteiger partial charge on any atom is -0.357 e. The number of aliphatic imine (C=N–C) groups is 1. The van der Waals surface area contributed by atoms with E-state index in [0.717, 1.165) is 31.5 Å². The molecule has 4 nitrogen and oxygen atoms in total. The summed E-state index contributed by atoms with van der Waals surface area (Å²) >= 11 is 1.92. The maximum atomic E-state index is 4.67. The summed E-state index contributed by atoms with van der Waals surface area (Å²) in [7, 11) is 0. The molecule has 0 amide bonds. The molecule has 0 atom stereocenters. The summed E-state index contributed by atoms with van der Waals surface area (Å²) in [6, 6.07) is 0. The molecular formula is C17H37IN4S. The Hall–Kier alpha value is 0.310. The fourth-order valence-corrected chi connectivity index (χ4v) is 3.37.